The van der Waals surface area contributed by atoms with Crippen molar-refractivity contribution >= 4 is 15.4 Å². The molecule has 0 bridgehead atoms. The molecule has 1 aliphatic rings. The summed E-state index contributed by atoms with van der Waals surface area (Å²) in [6.45, 7) is 0.566. The van der Waals surface area contributed by atoms with Crippen molar-refractivity contribution in [1.82, 2.24) is 0 Å². The minimum Gasteiger partial charge on any atom is -0.779 e. The lowest BCUT2D eigenvalue weighted by molar-refractivity contribution is -0.205. The molecule has 0 saturated carbocycles. The lowest BCUT2D eigenvalue weighted by atomic mass is 9.93. The Morgan fingerprint density at radius 2 is 2.20 bits per heavy atom. The van der Waals surface area contributed by atoms with Crippen molar-refractivity contribution in [1.29, 1.82) is 0 Å². The first-order valence-corrected chi connectivity index (χ1v) is 6.39. The fraction of sp³-hybridized carbons (Fsp3) is 1.00. The Hall–Kier alpha value is 0.0949. The lowest BCUT2D eigenvalue weighted by Crippen LogP contribution is -2.38. The molecule has 1 heterocycles. The van der Waals surface area contributed by atoms with E-state index in [0.717, 1.165) is 6.66 Å². The van der Waals surface area contributed by atoms with Gasteiger partial charge in [-0.2, -0.15) is 0 Å². The first-order chi connectivity index (χ1) is 6.89. The number of aliphatic hydroxyl groups excluding tert-OH is 1. The standard InChI is InChI=1S/C7H14BO6P/c1-12-6-5(14-15(2,10)11)4(3-9)13-7(6)8/h4-7,9H,3H2,1-2H3,(H,10,11)/p-1/t4-,5+,6?,7-/m1/s1. The maximum absolute atomic E-state index is 11.0. The fourth-order valence-corrected chi connectivity index (χ4v) is 2.22. The molecule has 5 atom stereocenters. The second-order valence-electron chi connectivity index (χ2n) is 3.36. The summed E-state index contributed by atoms with van der Waals surface area (Å²) in [6, 6.07) is -0.802. The van der Waals surface area contributed by atoms with Crippen LogP contribution in [-0.2, 0) is 18.6 Å². The van der Waals surface area contributed by atoms with Gasteiger partial charge in [-0.1, -0.05) is 0 Å². The van der Waals surface area contributed by atoms with E-state index in [4.69, 9.17) is 27.0 Å². The van der Waals surface area contributed by atoms with Crippen molar-refractivity contribution in [2.24, 2.45) is 0 Å². The third-order valence-electron chi connectivity index (χ3n) is 2.11. The van der Waals surface area contributed by atoms with E-state index in [0.29, 0.717) is 0 Å². The number of hydrogen-bond acceptors (Lipinski definition) is 6. The zero-order valence-electron chi connectivity index (χ0n) is 8.53. The van der Waals surface area contributed by atoms with Gasteiger partial charge in [0.25, 0.3) is 0 Å². The average Bonchev–Trinajstić information content (AvgIpc) is 2.39. The van der Waals surface area contributed by atoms with E-state index in [-0.39, 0.29) is 6.61 Å². The van der Waals surface area contributed by atoms with E-state index in [1.54, 1.807) is 0 Å². The number of methoxy groups -OCH3 is 1. The zero-order valence-corrected chi connectivity index (χ0v) is 9.42. The van der Waals surface area contributed by atoms with Gasteiger partial charge in [0.2, 0.25) is 0 Å². The molecule has 1 N–H and O–H groups in total. The van der Waals surface area contributed by atoms with Crippen LogP contribution < -0.4 is 4.89 Å². The summed E-state index contributed by atoms with van der Waals surface area (Å²) in [5.74, 6) is 0. The molecule has 86 valence electrons. The molecular weight excluding hydrogens is 222 g/mol. The van der Waals surface area contributed by atoms with Crippen LogP contribution in [0.15, 0.2) is 0 Å². The van der Waals surface area contributed by atoms with Gasteiger partial charge in [-0.25, -0.2) is 0 Å². The van der Waals surface area contributed by atoms with Crippen molar-refractivity contribution in [2.45, 2.75) is 24.3 Å². The predicted molar refractivity (Wildman–Crippen MR) is 50.7 cm³/mol. The molecule has 0 spiro atoms. The van der Waals surface area contributed by atoms with Crippen molar-refractivity contribution in [3.05, 3.63) is 0 Å². The zero-order chi connectivity index (χ0) is 11.6. The highest BCUT2D eigenvalue weighted by atomic mass is 31.2. The highest BCUT2D eigenvalue weighted by Crippen LogP contribution is 2.38. The van der Waals surface area contributed by atoms with E-state index >= 15 is 0 Å². The summed E-state index contributed by atoms with van der Waals surface area (Å²) in [5, 5.41) is 8.96. The molecule has 0 aromatic rings. The Morgan fingerprint density at radius 3 is 2.60 bits per heavy atom. The van der Waals surface area contributed by atoms with Crippen LogP contribution >= 0.6 is 7.60 Å². The van der Waals surface area contributed by atoms with Crippen LogP contribution in [0.25, 0.3) is 0 Å². The Morgan fingerprint density at radius 1 is 1.60 bits per heavy atom. The van der Waals surface area contributed by atoms with Crippen LogP contribution in [0, 0.1) is 0 Å². The molecule has 1 aliphatic heterocycles. The van der Waals surface area contributed by atoms with Crippen LogP contribution in [0.5, 0.6) is 0 Å². The predicted octanol–water partition coefficient (Wildman–Crippen LogP) is -1.54. The van der Waals surface area contributed by atoms with Crippen molar-refractivity contribution in [3.63, 3.8) is 0 Å². The highest BCUT2D eigenvalue weighted by Gasteiger charge is 2.43. The van der Waals surface area contributed by atoms with E-state index in [1.165, 1.54) is 7.11 Å². The van der Waals surface area contributed by atoms with E-state index in [2.05, 4.69) is 0 Å². The molecule has 8 heteroatoms. The summed E-state index contributed by atoms with van der Waals surface area (Å²) < 4.78 is 25.8. The summed E-state index contributed by atoms with van der Waals surface area (Å²) >= 11 is 0. The number of rotatable bonds is 4. The molecule has 1 saturated heterocycles. The first-order valence-electron chi connectivity index (χ1n) is 4.40. The van der Waals surface area contributed by atoms with Gasteiger partial charge in [-0.3, -0.25) is 0 Å². The summed E-state index contributed by atoms with van der Waals surface area (Å²) in [5.41, 5.74) is 0. The number of ether oxygens (including phenoxy) is 2. The van der Waals surface area contributed by atoms with Gasteiger partial charge in [-0.15, -0.1) is 0 Å². The Bertz CT molecular complexity index is 256. The van der Waals surface area contributed by atoms with Crippen LogP contribution in [0.1, 0.15) is 0 Å². The Balaban J connectivity index is 2.76. The lowest BCUT2D eigenvalue weighted by Gasteiger charge is -2.28. The average molecular weight is 235 g/mol. The second-order valence-corrected chi connectivity index (χ2v) is 5.12. The Labute approximate surface area is 89.5 Å². The van der Waals surface area contributed by atoms with Gasteiger partial charge in [0, 0.05) is 19.8 Å². The molecular formula is C7H13BO6P-. The van der Waals surface area contributed by atoms with Crippen LogP contribution in [-0.4, -0.2) is 57.6 Å². The smallest absolute Gasteiger partial charge is 0.132 e. The van der Waals surface area contributed by atoms with Gasteiger partial charge in [0.15, 0.2) is 0 Å². The SMILES string of the molecule is [B][C@@H]1O[C@H](CO)[C@H](OP(C)(=O)[O-])C1OC. The largest absolute Gasteiger partial charge is 0.779 e. The number of hydrogen-bond donors (Lipinski definition) is 1. The highest BCUT2D eigenvalue weighted by molar-refractivity contribution is 7.50. The van der Waals surface area contributed by atoms with Crippen LogP contribution in [0.2, 0.25) is 0 Å². The van der Waals surface area contributed by atoms with Gasteiger partial charge in [0.05, 0.1) is 6.61 Å². The van der Waals surface area contributed by atoms with E-state index < -0.39 is 31.9 Å². The summed E-state index contributed by atoms with van der Waals surface area (Å²) in [4.78, 5) is 11.0. The minimum atomic E-state index is -3.92. The molecule has 0 aromatic heterocycles. The topological polar surface area (TPSA) is 88.0 Å². The van der Waals surface area contributed by atoms with E-state index in [9.17, 15) is 9.46 Å². The minimum absolute atomic E-state index is 0.377. The molecule has 2 radical (unpaired) electrons. The molecule has 0 amide bonds. The first kappa shape index (κ1) is 13.2. The van der Waals surface area contributed by atoms with Crippen molar-refractivity contribution in [3.8, 4) is 0 Å². The quantitative estimate of drug-likeness (QED) is 0.469. The van der Waals surface area contributed by atoms with Gasteiger partial charge < -0.3 is 28.6 Å². The number of aliphatic hydroxyl groups is 1. The van der Waals surface area contributed by atoms with Gasteiger partial charge in [-0.05, 0) is 0 Å². The molecule has 0 aliphatic carbocycles. The summed E-state index contributed by atoms with van der Waals surface area (Å²) in [6.07, 6.45) is -2.39. The van der Waals surface area contributed by atoms with Gasteiger partial charge >= 0.3 is 0 Å². The van der Waals surface area contributed by atoms with E-state index in [1.807, 2.05) is 0 Å². The fourth-order valence-electron chi connectivity index (χ4n) is 1.52. The normalized spacial score (nSPS) is 40.3. The Kier molecular flexibility index (Phi) is 4.34. The van der Waals surface area contributed by atoms with Gasteiger partial charge in [0.1, 0.15) is 33.8 Å². The van der Waals surface area contributed by atoms with Crippen LogP contribution in [0.3, 0.4) is 0 Å². The molecule has 1 fully saturated rings. The van der Waals surface area contributed by atoms with Crippen molar-refractivity contribution in [2.75, 3.05) is 20.4 Å². The summed E-state index contributed by atoms with van der Waals surface area (Å²) in [7, 11) is 2.99. The van der Waals surface area contributed by atoms with Crippen molar-refractivity contribution < 1.29 is 28.6 Å². The molecule has 2 unspecified atom stereocenters. The third-order valence-corrected chi connectivity index (χ3v) is 2.74. The maximum atomic E-state index is 11.0. The van der Waals surface area contributed by atoms with Crippen LogP contribution in [0.4, 0.5) is 0 Å². The third kappa shape index (κ3) is 3.27. The maximum Gasteiger partial charge on any atom is 0.132 e. The molecule has 0 aromatic carbocycles. The second kappa shape index (κ2) is 4.95. The molecule has 15 heavy (non-hydrogen) atoms. The monoisotopic (exact) mass is 235 g/mol. The molecule has 6 nitrogen and oxygen atoms in total. The molecule has 1 rings (SSSR count).